The highest BCUT2D eigenvalue weighted by molar-refractivity contribution is 7.89. The summed E-state index contributed by atoms with van der Waals surface area (Å²) in [6, 6.07) is 14.3. The van der Waals surface area contributed by atoms with Gasteiger partial charge in [-0.05, 0) is 30.2 Å². The molecule has 1 N–H and O–H groups in total. The van der Waals surface area contributed by atoms with Crippen LogP contribution in [0.3, 0.4) is 0 Å². The lowest BCUT2D eigenvalue weighted by molar-refractivity contribution is -0.133. The van der Waals surface area contributed by atoms with Crippen molar-refractivity contribution in [2.24, 2.45) is 5.92 Å². The molecule has 4 rings (SSSR count). The fourth-order valence-electron chi connectivity index (χ4n) is 4.76. The molecule has 212 valence electrons. The van der Waals surface area contributed by atoms with Crippen molar-refractivity contribution in [1.29, 1.82) is 0 Å². The van der Waals surface area contributed by atoms with E-state index in [9.17, 15) is 18.3 Å². The molecule has 3 atom stereocenters. The fourth-order valence-corrected chi connectivity index (χ4v) is 6.59. The standard InChI is InChI=1S/C29H39N3O6S/c1-22-18-32(23(2)21-33)39(35,36)28-12-11-25(10-9-24-7-5-4-6-8-24)17-26(28)38-27(22)19-30(3)29(34)20-31-13-15-37-16-14-31/h4-12,17,22-23,27,33H,13-16,18-21H2,1-3H3/t22-,23+,27+/m1/s1. The number of aliphatic hydroxyl groups excluding tert-OH is 1. The number of benzene rings is 2. The molecule has 10 heteroatoms. The van der Waals surface area contributed by atoms with E-state index in [1.54, 1.807) is 37.1 Å². The lowest BCUT2D eigenvalue weighted by atomic mass is 10.0. The second-order valence-corrected chi connectivity index (χ2v) is 12.2. The van der Waals surface area contributed by atoms with E-state index in [4.69, 9.17) is 9.47 Å². The second kappa shape index (κ2) is 13.1. The van der Waals surface area contributed by atoms with Crippen LogP contribution in [-0.2, 0) is 19.6 Å². The summed E-state index contributed by atoms with van der Waals surface area (Å²) in [7, 11) is -2.18. The first-order valence-corrected chi connectivity index (χ1v) is 14.8. The Kier molecular flexibility index (Phi) is 9.79. The normalized spacial score (nSPS) is 22.9. The largest absolute Gasteiger partial charge is 0.487 e. The molecule has 2 aliphatic rings. The third-order valence-corrected chi connectivity index (χ3v) is 9.32. The molecule has 0 aliphatic carbocycles. The van der Waals surface area contributed by atoms with Gasteiger partial charge < -0.3 is 19.5 Å². The lowest BCUT2D eigenvalue weighted by Crippen LogP contribution is -2.51. The molecule has 0 unspecified atom stereocenters. The Bertz CT molecular complexity index is 1250. The maximum absolute atomic E-state index is 13.7. The molecule has 39 heavy (non-hydrogen) atoms. The first kappa shape index (κ1) is 29.2. The summed E-state index contributed by atoms with van der Waals surface area (Å²) in [5.74, 6) is -0.0299. The molecule has 0 aromatic heterocycles. The van der Waals surface area contributed by atoms with Gasteiger partial charge in [-0.25, -0.2) is 8.42 Å². The molecule has 0 saturated carbocycles. The quantitative estimate of drug-likeness (QED) is 0.498. The van der Waals surface area contributed by atoms with Crippen LogP contribution < -0.4 is 4.74 Å². The Balaban J connectivity index is 1.62. The SMILES string of the molecule is C[C@@H]1CN([C@@H](C)CO)S(=O)(=O)c2ccc(C=Cc3ccccc3)cc2O[C@H]1CN(C)C(=O)CN1CCOCC1. The zero-order chi connectivity index (χ0) is 28.0. The van der Waals surface area contributed by atoms with E-state index < -0.39 is 22.2 Å². The Morgan fingerprint density at radius 3 is 2.51 bits per heavy atom. The summed E-state index contributed by atoms with van der Waals surface area (Å²) in [4.78, 5) is 16.8. The maximum Gasteiger partial charge on any atom is 0.247 e. The molecule has 2 aromatic carbocycles. The summed E-state index contributed by atoms with van der Waals surface area (Å²) in [6.45, 7) is 6.73. The van der Waals surface area contributed by atoms with E-state index in [0.717, 1.165) is 11.1 Å². The van der Waals surface area contributed by atoms with Crippen LogP contribution in [0.5, 0.6) is 5.75 Å². The average Bonchev–Trinajstić information content (AvgIpc) is 2.94. The van der Waals surface area contributed by atoms with Crippen LogP contribution in [0.1, 0.15) is 25.0 Å². The highest BCUT2D eigenvalue weighted by Gasteiger charge is 2.38. The molecule has 1 saturated heterocycles. The number of nitrogens with zero attached hydrogens (tertiary/aromatic N) is 3. The van der Waals surface area contributed by atoms with Gasteiger partial charge in [-0.15, -0.1) is 0 Å². The number of rotatable bonds is 8. The second-order valence-electron chi connectivity index (χ2n) is 10.4. The van der Waals surface area contributed by atoms with Gasteiger partial charge in [-0.3, -0.25) is 9.69 Å². The number of sulfonamides is 1. The number of amides is 1. The van der Waals surface area contributed by atoms with E-state index in [2.05, 4.69) is 4.90 Å². The molecule has 2 heterocycles. The van der Waals surface area contributed by atoms with Crippen LogP contribution >= 0.6 is 0 Å². The number of likely N-dealkylation sites (N-methyl/N-ethyl adjacent to an activating group) is 1. The topological polar surface area (TPSA) is 99.6 Å². The summed E-state index contributed by atoms with van der Waals surface area (Å²) in [6.07, 6.45) is 3.41. The van der Waals surface area contributed by atoms with Crippen LogP contribution in [0, 0.1) is 5.92 Å². The number of hydrogen-bond acceptors (Lipinski definition) is 7. The van der Waals surface area contributed by atoms with Gasteiger partial charge in [0.25, 0.3) is 0 Å². The summed E-state index contributed by atoms with van der Waals surface area (Å²) < 4.78 is 40.6. The van der Waals surface area contributed by atoms with E-state index >= 15 is 0 Å². The Labute approximate surface area is 231 Å². The van der Waals surface area contributed by atoms with Crippen molar-refractivity contribution < 1.29 is 27.8 Å². The van der Waals surface area contributed by atoms with Crippen molar-refractivity contribution in [3.05, 3.63) is 59.7 Å². The number of hydrogen-bond donors (Lipinski definition) is 1. The molecule has 2 aromatic rings. The number of fused-ring (bicyclic) bond motifs is 1. The van der Waals surface area contributed by atoms with Gasteiger partial charge in [0.05, 0.1) is 32.9 Å². The Morgan fingerprint density at radius 1 is 1.13 bits per heavy atom. The maximum atomic E-state index is 13.7. The van der Waals surface area contributed by atoms with Crippen LogP contribution in [-0.4, -0.2) is 105 Å². The predicted octanol–water partition coefficient (Wildman–Crippen LogP) is 2.42. The molecule has 1 fully saturated rings. The van der Waals surface area contributed by atoms with Crippen LogP contribution in [0.15, 0.2) is 53.4 Å². The zero-order valence-corrected chi connectivity index (χ0v) is 23.7. The van der Waals surface area contributed by atoms with Crippen LogP contribution in [0.2, 0.25) is 0 Å². The third kappa shape index (κ3) is 7.26. The van der Waals surface area contributed by atoms with Gasteiger partial charge in [0, 0.05) is 38.6 Å². The van der Waals surface area contributed by atoms with E-state index in [1.165, 1.54) is 4.31 Å². The minimum atomic E-state index is -3.93. The first-order chi connectivity index (χ1) is 18.7. The molecular weight excluding hydrogens is 518 g/mol. The van der Waals surface area contributed by atoms with E-state index in [-0.39, 0.29) is 35.6 Å². The van der Waals surface area contributed by atoms with Gasteiger partial charge in [-0.2, -0.15) is 4.31 Å². The lowest BCUT2D eigenvalue weighted by Gasteiger charge is -2.38. The highest BCUT2D eigenvalue weighted by atomic mass is 32.2. The van der Waals surface area contributed by atoms with Gasteiger partial charge in [0.2, 0.25) is 15.9 Å². The van der Waals surface area contributed by atoms with E-state index in [0.29, 0.717) is 39.4 Å². The number of ether oxygens (including phenoxy) is 2. The Hall–Kier alpha value is -2.76. The molecule has 1 amide bonds. The van der Waals surface area contributed by atoms with Crippen LogP contribution in [0.4, 0.5) is 0 Å². The monoisotopic (exact) mass is 557 g/mol. The van der Waals surface area contributed by atoms with Gasteiger partial charge in [0.1, 0.15) is 16.7 Å². The van der Waals surface area contributed by atoms with Crippen molar-refractivity contribution in [2.75, 3.05) is 59.6 Å². The number of carbonyl (C=O) groups is 1. The van der Waals surface area contributed by atoms with Gasteiger partial charge in [-0.1, -0.05) is 55.5 Å². The number of aliphatic hydroxyl groups is 1. The molecule has 0 radical (unpaired) electrons. The van der Waals surface area contributed by atoms with Crippen molar-refractivity contribution in [2.45, 2.75) is 30.9 Å². The van der Waals surface area contributed by atoms with Crippen molar-refractivity contribution in [1.82, 2.24) is 14.1 Å². The molecular formula is C29H39N3O6S. The fraction of sp³-hybridized carbons (Fsp3) is 0.483. The smallest absolute Gasteiger partial charge is 0.247 e. The minimum absolute atomic E-state index is 0.0252. The highest BCUT2D eigenvalue weighted by Crippen LogP contribution is 2.34. The molecule has 2 aliphatic heterocycles. The molecule has 0 bridgehead atoms. The predicted molar refractivity (Wildman–Crippen MR) is 151 cm³/mol. The third-order valence-electron chi connectivity index (χ3n) is 7.30. The van der Waals surface area contributed by atoms with E-state index in [1.807, 2.05) is 49.4 Å². The molecule has 9 nitrogen and oxygen atoms in total. The van der Waals surface area contributed by atoms with Gasteiger partial charge in [0.15, 0.2) is 0 Å². The summed E-state index contributed by atoms with van der Waals surface area (Å²) >= 11 is 0. The number of carbonyl (C=O) groups excluding carboxylic acids is 1. The minimum Gasteiger partial charge on any atom is -0.487 e. The summed E-state index contributed by atoms with van der Waals surface area (Å²) in [5, 5.41) is 9.86. The van der Waals surface area contributed by atoms with Gasteiger partial charge >= 0.3 is 0 Å². The van der Waals surface area contributed by atoms with Crippen molar-refractivity contribution in [3.63, 3.8) is 0 Å². The first-order valence-electron chi connectivity index (χ1n) is 13.4. The van der Waals surface area contributed by atoms with Crippen molar-refractivity contribution in [3.8, 4) is 5.75 Å². The average molecular weight is 558 g/mol. The van der Waals surface area contributed by atoms with Crippen LogP contribution in [0.25, 0.3) is 12.2 Å². The molecule has 0 spiro atoms. The van der Waals surface area contributed by atoms with Crippen molar-refractivity contribution >= 4 is 28.1 Å². The number of morpholine rings is 1. The zero-order valence-electron chi connectivity index (χ0n) is 22.9. The summed E-state index contributed by atoms with van der Waals surface area (Å²) in [5.41, 5.74) is 1.81. The Morgan fingerprint density at radius 2 is 1.82 bits per heavy atom.